The topological polar surface area (TPSA) is 79.3 Å². The van der Waals surface area contributed by atoms with E-state index >= 15 is 0 Å². The molecule has 0 aromatic heterocycles. The minimum Gasteiger partial charge on any atom is -0.258 e. The fourth-order valence-electron chi connectivity index (χ4n) is 1.64. The molecule has 98 valence electrons. The zero-order valence-corrected chi connectivity index (χ0v) is 10.8. The monoisotopic (exact) mass is 265 g/mol. The van der Waals surface area contributed by atoms with E-state index in [1.54, 1.807) is 0 Å². The second-order valence-electron chi connectivity index (χ2n) is 4.21. The summed E-state index contributed by atoms with van der Waals surface area (Å²) in [4.78, 5) is 14.4. The molecule has 0 N–H and O–H groups in total. The molecule has 5 nitrogen and oxygen atoms in total. The third-order valence-corrected chi connectivity index (χ3v) is 2.73. The third-order valence-electron chi connectivity index (χ3n) is 2.73. The van der Waals surface area contributed by atoms with Crippen LogP contribution in [0.15, 0.2) is 53.5 Å². The Kier molecular flexibility index (Phi) is 3.87. The van der Waals surface area contributed by atoms with Crippen LogP contribution in [0, 0.1) is 28.4 Å². The summed E-state index contributed by atoms with van der Waals surface area (Å²) in [6, 6.07) is 15.2. The molecule has 0 bridgehead atoms. The second kappa shape index (κ2) is 5.76. The summed E-state index contributed by atoms with van der Waals surface area (Å²) in [5.41, 5.74) is 2.55. The van der Waals surface area contributed by atoms with Gasteiger partial charge in [0.05, 0.1) is 10.6 Å². The lowest BCUT2D eigenvalue weighted by Gasteiger charge is -1.99. The van der Waals surface area contributed by atoms with Gasteiger partial charge < -0.3 is 0 Å². The van der Waals surface area contributed by atoms with Gasteiger partial charge in [-0.05, 0) is 31.2 Å². The fraction of sp³-hybridized carbons (Fsp3) is 0.0667. The van der Waals surface area contributed by atoms with Gasteiger partial charge in [-0.15, -0.1) is 0 Å². The lowest BCUT2D eigenvalue weighted by Crippen LogP contribution is -1.97. The molecule has 0 atom stereocenters. The van der Waals surface area contributed by atoms with Gasteiger partial charge in [-0.1, -0.05) is 17.7 Å². The molecule has 0 spiro atoms. The Balaban J connectivity index is 2.35. The van der Waals surface area contributed by atoms with Crippen LogP contribution in [0.5, 0.6) is 0 Å². The van der Waals surface area contributed by atoms with Crippen molar-refractivity contribution in [2.45, 2.75) is 6.92 Å². The Labute approximate surface area is 116 Å². The van der Waals surface area contributed by atoms with E-state index in [-0.39, 0.29) is 11.4 Å². The Hall–Kier alpha value is -3.00. The minimum atomic E-state index is -0.479. The predicted octanol–water partition coefficient (Wildman–Crippen LogP) is 3.55. The summed E-state index contributed by atoms with van der Waals surface area (Å²) in [5.74, 6) is 0. The summed E-state index contributed by atoms with van der Waals surface area (Å²) in [5, 5.41) is 19.7. The van der Waals surface area contributed by atoms with E-state index in [4.69, 9.17) is 5.26 Å². The molecular weight excluding hydrogens is 254 g/mol. The second-order valence-corrected chi connectivity index (χ2v) is 4.21. The van der Waals surface area contributed by atoms with Crippen LogP contribution in [-0.4, -0.2) is 10.6 Å². The molecule has 0 radical (unpaired) electrons. The lowest BCUT2D eigenvalue weighted by atomic mass is 10.1. The highest BCUT2D eigenvalue weighted by atomic mass is 16.6. The van der Waals surface area contributed by atoms with Crippen LogP contribution in [0.2, 0.25) is 0 Å². The van der Waals surface area contributed by atoms with Crippen molar-refractivity contribution in [1.29, 1.82) is 5.26 Å². The standard InChI is InChI=1S/C15H11N3O2/c1-11-2-6-13(7-3-11)17-15(10-16)12-4-8-14(9-5-12)18(19)20/h2-9H,1H3. The van der Waals surface area contributed by atoms with Crippen molar-refractivity contribution < 1.29 is 4.92 Å². The summed E-state index contributed by atoms with van der Waals surface area (Å²) in [6.45, 7) is 1.97. The van der Waals surface area contributed by atoms with Gasteiger partial charge in [-0.25, -0.2) is 4.99 Å². The highest BCUT2D eigenvalue weighted by Gasteiger charge is 2.07. The molecule has 5 heteroatoms. The molecule has 0 aliphatic carbocycles. The van der Waals surface area contributed by atoms with Crippen molar-refractivity contribution in [3.05, 3.63) is 69.8 Å². The quantitative estimate of drug-likeness (QED) is 0.483. The van der Waals surface area contributed by atoms with E-state index in [2.05, 4.69) is 4.99 Å². The molecule has 2 aromatic carbocycles. The van der Waals surface area contributed by atoms with Crippen molar-refractivity contribution in [3.63, 3.8) is 0 Å². The van der Waals surface area contributed by atoms with Crippen molar-refractivity contribution in [3.8, 4) is 6.07 Å². The molecule has 0 fully saturated rings. The number of benzene rings is 2. The number of nitrogens with zero attached hydrogens (tertiary/aromatic N) is 3. The maximum atomic E-state index is 10.6. The lowest BCUT2D eigenvalue weighted by molar-refractivity contribution is -0.384. The van der Waals surface area contributed by atoms with Crippen molar-refractivity contribution >= 4 is 17.1 Å². The number of aryl methyl sites for hydroxylation is 1. The predicted molar refractivity (Wildman–Crippen MR) is 76.1 cm³/mol. The van der Waals surface area contributed by atoms with Crippen LogP contribution in [-0.2, 0) is 0 Å². The molecule has 0 unspecified atom stereocenters. The summed E-state index contributed by atoms with van der Waals surface area (Å²) in [6.07, 6.45) is 0. The van der Waals surface area contributed by atoms with Crippen molar-refractivity contribution in [1.82, 2.24) is 0 Å². The number of hydrogen-bond acceptors (Lipinski definition) is 4. The molecular formula is C15H11N3O2. The van der Waals surface area contributed by atoms with Gasteiger partial charge >= 0.3 is 0 Å². The van der Waals surface area contributed by atoms with Gasteiger partial charge in [0.1, 0.15) is 11.8 Å². The maximum absolute atomic E-state index is 10.6. The van der Waals surface area contributed by atoms with Gasteiger partial charge in [-0.3, -0.25) is 10.1 Å². The maximum Gasteiger partial charge on any atom is 0.269 e. The number of non-ortho nitro benzene ring substituents is 1. The van der Waals surface area contributed by atoms with Crippen molar-refractivity contribution in [2.24, 2.45) is 4.99 Å². The average molecular weight is 265 g/mol. The number of nitro benzene ring substituents is 1. The fourth-order valence-corrected chi connectivity index (χ4v) is 1.64. The zero-order chi connectivity index (χ0) is 14.5. The van der Waals surface area contributed by atoms with Crippen LogP contribution in [0.1, 0.15) is 11.1 Å². The van der Waals surface area contributed by atoms with Crippen LogP contribution >= 0.6 is 0 Å². The van der Waals surface area contributed by atoms with Gasteiger partial charge in [0.2, 0.25) is 0 Å². The van der Waals surface area contributed by atoms with E-state index in [9.17, 15) is 10.1 Å². The molecule has 2 rings (SSSR count). The Morgan fingerprint density at radius 2 is 1.75 bits per heavy atom. The molecule has 0 heterocycles. The number of aliphatic imine (C=N–C) groups is 1. The third kappa shape index (κ3) is 3.06. The number of nitriles is 1. The largest absolute Gasteiger partial charge is 0.269 e. The van der Waals surface area contributed by atoms with E-state index in [1.807, 2.05) is 37.3 Å². The van der Waals surface area contributed by atoms with Gasteiger partial charge in [0.15, 0.2) is 0 Å². The van der Waals surface area contributed by atoms with Crippen molar-refractivity contribution in [2.75, 3.05) is 0 Å². The molecule has 0 amide bonds. The first-order chi connectivity index (χ1) is 9.60. The SMILES string of the molecule is Cc1ccc(N=C(C#N)c2ccc([N+](=O)[O-])cc2)cc1. The van der Waals surface area contributed by atoms with E-state index < -0.39 is 4.92 Å². The summed E-state index contributed by atoms with van der Waals surface area (Å²) in [7, 11) is 0. The van der Waals surface area contributed by atoms with Gasteiger partial charge in [0, 0.05) is 17.7 Å². The van der Waals surface area contributed by atoms with Crippen LogP contribution in [0.4, 0.5) is 11.4 Å². The Morgan fingerprint density at radius 1 is 1.15 bits per heavy atom. The minimum absolute atomic E-state index is 0.0126. The highest BCUT2D eigenvalue weighted by Crippen LogP contribution is 2.17. The molecule has 0 saturated carbocycles. The Bertz CT molecular complexity index is 695. The average Bonchev–Trinajstić information content (AvgIpc) is 2.47. The first-order valence-electron chi connectivity index (χ1n) is 5.90. The van der Waals surface area contributed by atoms with Crippen LogP contribution in [0.25, 0.3) is 0 Å². The molecule has 0 aliphatic rings. The molecule has 20 heavy (non-hydrogen) atoms. The zero-order valence-electron chi connectivity index (χ0n) is 10.8. The normalized spacial score (nSPS) is 10.9. The molecule has 0 saturated heterocycles. The summed E-state index contributed by atoms with van der Waals surface area (Å²) >= 11 is 0. The Morgan fingerprint density at radius 3 is 2.25 bits per heavy atom. The van der Waals surface area contributed by atoms with E-state index in [1.165, 1.54) is 24.3 Å². The van der Waals surface area contributed by atoms with Crippen LogP contribution in [0.3, 0.4) is 0 Å². The summed E-state index contributed by atoms with van der Waals surface area (Å²) < 4.78 is 0. The first-order valence-corrected chi connectivity index (χ1v) is 5.90. The van der Waals surface area contributed by atoms with E-state index in [0.717, 1.165) is 5.56 Å². The number of hydrogen-bond donors (Lipinski definition) is 0. The number of rotatable bonds is 3. The molecule has 0 aliphatic heterocycles. The molecule has 2 aromatic rings. The number of nitro groups is 1. The smallest absolute Gasteiger partial charge is 0.258 e. The highest BCUT2D eigenvalue weighted by molar-refractivity contribution is 6.12. The van der Waals surface area contributed by atoms with E-state index in [0.29, 0.717) is 11.3 Å². The van der Waals surface area contributed by atoms with Crippen LogP contribution < -0.4 is 0 Å². The van der Waals surface area contributed by atoms with Gasteiger partial charge in [0.25, 0.3) is 5.69 Å². The van der Waals surface area contributed by atoms with Gasteiger partial charge in [-0.2, -0.15) is 5.26 Å². The first kappa shape index (κ1) is 13.4.